The average molecular weight is 170 g/mol. The number of hydrogen-bond acceptors (Lipinski definition) is 3. The van der Waals surface area contributed by atoms with E-state index in [4.69, 9.17) is 10.5 Å². The normalized spacial score (nSPS) is 39.5. The lowest BCUT2D eigenvalue weighted by Crippen LogP contribution is -2.52. The Morgan fingerprint density at radius 2 is 2.08 bits per heavy atom. The maximum Gasteiger partial charge on any atom is 0.404 e. The number of hydrogen-bond donors (Lipinski definition) is 1. The van der Waals surface area contributed by atoms with E-state index >= 15 is 0 Å². The lowest BCUT2D eigenvalue weighted by molar-refractivity contribution is -0.0304. The first-order chi connectivity index (χ1) is 5.75. The van der Waals surface area contributed by atoms with Gasteiger partial charge in [0.2, 0.25) is 0 Å². The summed E-state index contributed by atoms with van der Waals surface area (Å²) in [6, 6.07) is 0. The summed E-state index contributed by atoms with van der Waals surface area (Å²) < 4.78 is 5.02. The highest BCUT2D eigenvalue weighted by molar-refractivity contribution is 5.64. The minimum absolute atomic E-state index is 0.0602. The second-order valence-electron chi connectivity index (χ2n) is 3.61. The third kappa shape index (κ3) is 1.39. The molecule has 2 N–H and O–H groups in total. The topological polar surface area (TPSA) is 55.6 Å². The van der Waals surface area contributed by atoms with Gasteiger partial charge in [-0.3, -0.25) is 4.90 Å². The van der Waals surface area contributed by atoms with Gasteiger partial charge in [-0.15, -0.1) is 0 Å². The predicted octanol–water partition coefficient (Wildman–Crippen LogP) is 0.176. The molecule has 3 saturated heterocycles. The first-order valence-electron chi connectivity index (χ1n) is 4.44. The number of amides is 1. The van der Waals surface area contributed by atoms with Crippen LogP contribution in [0.2, 0.25) is 0 Å². The molecule has 0 radical (unpaired) electrons. The molecule has 3 fully saturated rings. The second-order valence-corrected chi connectivity index (χ2v) is 3.61. The number of carbonyl (C=O) groups excluding carboxylic acids is 1. The van der Waals surface area contributed by atoms with Gasteiger partial charge in [-0.05, 0) is 31.8 Å². The highest BCUT2D eigenvalue weighted by Crippen LogP contribution is 2.29. The Balaban J connectivity index is 1.95. The van der Waals surface area contributed by atoms with Crippen LogP contribution in [0.5, 0.6) is 0 Å². The summed E-state index contributed by atoms with van der Waals surface area (Å²) in [4.78, 5) is 12.9. The lowest BCUT2D eigenvalue weighted by Gasteiger charge is -2.43. The second kappa shape index (κ2) is 2.94. The summed E-state index contributed by atoms with van der Waals surface area (Å²) in [6.45, 7) is 3.19. The quantitative estimate of drug-likeness (QED) is 0.610. The largest absolute Gasteiger partial charge is 0.445 e. The SMILES string of the molecule is NC(=O)O[C@H]1CN2CCC1CC2. The van der Waals surface area contributed by atoms with Crippen LogP contribution in [-0.4, -0.2) is 36.7 Å². The molecular weight excluding hydrogens is 156 g/mol. The Kier molecular flexibility index (Phi) is 1.92. The fourth-order valence-corrected chi connectivity index (χ4v) is 2.19. The molecule has 0 spiro atoms. The third-order valence-electron chi connectivity index (χ3n) is 2.86. The molecular formula is C8H14N2O2. The summed E-state index contributed by atoms with van der Waals surface area (Å²) in [5.74, 6) is 0.558. The summed E-state index contributed by atoms with van der Waals surface area (Å²) >= 11 is 0. The summed E-state index contributed by atoms with van der Waals surface area (Å²) in [5.41, 5.74) is 4.98. The molecule has 0 aromatic carbocycles. The standard InChI is InChI=1S/C8H14N2O2/c9-8(11)12-7-5-10-3-1-6(7)2-4-10/h6-7H,1-5H2,(H2,9,11)/t7-/m0/s1. The molecule has 4 nitrogen and oxygen atoms in total. The molecule has 0 unspecified atom stereocenters. The predicted molar refractivity (Wildman–Crippen MR) is 43.6 cm³/mol. The van der Waals surface area contributed by atoms with E-state index in [0.29, 0.717) is 5.92 Å². The minimum atomic E-state index is -0.631. The van der Waals surface area contributed by atoms with Crippen LogP contribution in [0.1, 0.15) is 12.8 Å². The van der Waals surface area contributed by atoms with Crippen molar-refractivity contribution in [1.82, 2.24) is 4.90 Å². The summed E-state index contributed by atoms with van der Waals surface area (Å²) in [6.07, 6.45) is 1.73. The van der Waals surface area contributed by atoms with E-state index < -0.39 is 6.09 Å². The van der Waals surface area contributed by atoms with Crippen molar-refractivity contribution in [2.45, 2.75) is 18.9 Å². The molecule has 0 aliphatic carbocycles. The zero-order valence-corrected chi connectivity index (χ0v) is 7.03. The fraction of sp³-hybridized carbons (Fsp3) is 0.875. The van der Waals surface area contributed by atoms with Crippen LogP contribution in [0.3, 0.4) is 0 Å². The molecule has 1 atom stereocenters. The van der Waals surface area contributed by atoms with Crippen LogP contribution in [0.25, 0.3) is 0 Å². The van der Waals surface area contributed by atoms with E-state index in [9.17, 15) is 4.79 Å². The van der Waals surface area contributed by atoms with Crippen molar-refractivity contribution >= 4 is 6.09 Å². The van der Waals surface area contributed by atoms with Crippen LogP contribution < -0.4 is 5.73 Å². The van der Waals surface area contributed by atoms with Crippen molar-refractivity contribution in [1.29, 1.82) is 0 Å². The van der Waals surface area contributed by atoms with Gasteiger partial charge in [0.05, 0.1) is 0 Å². The van der Waals surface area contributed by atoms with Crippen LogP contribution in [0, 0.1) is 5.92 Å². The number of carbonyl (C=O) groups is 1. The van der Waals surface area contributed by atoms with Gasteiger partial charge in [-0.25, -0.2) is 4.79 Å². The molecule has 3 rings (SSSR count). The molecule has 2 bridgehead atoms. The molecule has 0 saturated carbocycles. The lowest BCUT2D eigenvalue weighted by atomic mass is 9.86. The highest BCUT2D eigenvalue weighted by atomic mass is 16.6. The van der Waals surface area contributed by atoms with Crippen LogP contribution in [-0.2, 0) is 4.74 Å². The molecule has 1 amide bonds. The number of piperidine rings is 3. The van der Waals surface area contributed by atoms with E-state index in [0.717, 1.165) is 32.5 Å². The van der Waals surface area contributed by atoms with E-state index in [1.54, 1.807) is 0 Å². The molecule has 0 aromatic heterocycles. The Morgan fingerprint density at radius 1 is 1.42 bits per heavy atom. The number of fused-ring (bicyclic) bond motifs is 3. The third-order valence-corrected chi connectivity index (χ3v) is 2.86. The average Bonchev–Trinajstić information content (AvgIpc) is 2.05. The number of nitrogens with zero attached hydrogens (tertiary/aromatic N) is 1. The van der Waals surface area contributed by atoms with Gasteiger partial charge in [0, 0.05) is 6.54 Å². The van der Waals surface area contributed by atoms with E-state index in [1.807, 2.05) is 0 Å². The molecule has 3 aliphatic heterocycles. The number of ether oxygens (including phenoxy) is 1. The zero-order valence-electron chi connectivity index (χ0n) is 7.03. The van der Waals surface area contributed by atoms with Gasteiger partial charge < -0.3 is 10.5 Å². The first kappa shape index (κ1) is 7.86. The fourth-order valence-electron chi connectivity index (χ4n) is 2.19. The van der Waals surface area contributed by atoms with Crippen LogP contribution in [0.4, 0.5) is 4.79 Å². The van der Waals surface area contributed by atoms with Gasteiger partial charge in [-0.1, -0.05) is 0 Å². The van der Waals surface area contributed by atoms with Crippen LogP contribution in [0.15, 0.2) is 0 Å². The smallest absolute Gasteiger partial charge is 0.404 e. The number of primary amides is 1. The number of nitrogens with two attached hydrogens (primary N) is 1. The van der Waals surface area contributed by atoms with Crippen LogP contribution >= 0.6 is 0 Å². The molecule has 12 heavy (non-hydrogen) atoms. The monoisotopic (exact) mass is 170 g/mol. The molecule has 4 heteroatoms. The van der Waals surface area contributed by atoms with Crippen molar-refractivity contribution in [3.8, 4) is 0 Å². The Hall–Kier alpha value is -0.770. The Bertz CT molecular complexity index is 187. The van der Waals surface area contributed by atoms with Gasteiger partial charge in [0.15, 0.2) is 0 Å². The highest BCUT2D eigenvalue weighted by Gasteiger charge is 2.35. The van der Waals surface area contributed by atoms with Crippen molar-refractivity contribution in [2.24, 2.45) is 11.7 Å². The van der Waals surface area contributed by atoms with Crippen molar-refractivity contribution in [3.63, 3.8) is 0 Å². The van der Waals surface area contributed by atoms with Gasteiger partial charge in [0.25, 0.3) is 0 Å². The maximum atomic E-state index is 10.5. The summed E-state index contributed by atoms with van der Waals surface area (Å²) in [7, 11) is 0. The van der Waals surface area contributed by atoms with Crippen molar-refractivity contribution in [3.05, 3.63) is 0 Å². The van der Waals surface area contributed by atoms with E-state index in [-0.39, 0.29) is 6.10 Å². The molecule has 3 heterocycles. The summed E-state index contributed by atoms with van der Waals surface area (Å²) in [5, 5.41) is 0. The van der Waals surface area contributed by atoms with Crippen molar-refractivity contribution < 1.29 is 9.53 Å². The molecule has 0 aromatic rings. The number of rotatable bonds is 1. The molecule has 3 aliphatic rings. The first-order valence-corrected chi connectivity index (χ1v) is 4.44. The van der Waals surface area contributed by atoms with Gasteiger partial charge in [0.1, 0.15) is 6.10 Å². The van der Waals surface area contributed by atoms with Gasteiger partial charge in [-0.2, -0.15) is 0 Å². The zero-order chi connectivity index (χ0) is 8.55. The van der Waals surface area contributed by atoms with E-state index in [1.165, 1.54) is 0 Å². The minimum Gasteiger partial charge on any atom is -0.445 e. The van der Waals surface area contributed by atoms with Crippen molar-refractivity contribution in [2.75, 3.05) is 19.6 Å². The Morgan fingerprint density at radius 3 is 2.50 bits per heavy atom. The Labute approximate surface area is 71.7 Å². The maximum absolute atomic E-state index is 10.5. The van der Waals surface area contributed by atoms with E-state index in [2.05, 4.69) is 4.90 Å². The van der Waals surface area contributed by atoms with Gasteiger partial charge >= 0.3 is 6.09 Å². The molecule has 68 valence electrons.